The summed E-state index contributed by atoms with van der Waals surface area (Å²) >= 11 is 3.40. The van der Waals surface area contributed by atoms with Gasteiger partial charge < -0.3 is 9.15 Å². The van der Waals surface area contributed by atoms with Crippen LogP contribution in [0.5, 0.6) is 5.75 Å². The van der Waals surface area contributed by atoms with Crippen LogP contribution in [0.4, 0.5) is 11.4 Å². The van der Waals surface area contributed by atoms with E-state index in [0.717, 1.165) is 4.47 Å². The number of rotatable bonds is 5. The number of carbonyl (C=O) groups is 1. The van der Waals surface area contributed by atoms with Crippen molar-refractivity contribution >= 4 is 45.0 Å². The Balaban J connectivity index is 1.63. The molecule has 8 nitrogen and oxygen atoms in total. The number of nitrogens with zero attached hydrogens (tertiary/aromatic N) is 3. The van der Waals surface area contributed by atoms with Gasteiger partial charge in [-0.2, -0.15) is 10.1 Å². The van der Waals surface area contributed by atoms with Crippen molar-refractivity contribution in [3.63, 3.8) is 0 Å². The molecule has 0 unspecified atom stereocenters. The lowest BCUT2D eigenvalue weighted by atomic mass is 10.1. The van der Waals surface area contributed by atoms with E-state index in [0.29, 0.717) is 34.1 Å². The Hall–Kier alpha value is -3.72. The van der Waals surface area contributed by atoms with Crippen molar-refractivity contribution in [2.24, 2.45) is 5.10 Å². The predicted molar refractivity (Wildman–Crippen MR) is 120 cm³/mol. The standard InChI is InChI=1S/C22H16BrN3O5/c1-13-18(22(27)25(24-13)16-5-3-4-15(23)11-16)12-17-7-9-20(31-17)14-6-8-21(30-2)19(10-14)26(28)29/h3-12H,1-2H3/b18-12-. The molecule has 4 rings (SSSR count). The second-order valence-electron chi connectivity index (χ2n) is 6.69. The Morgan fingerprint density at radius 3 is 2.71 bits per heavy atom. The van der Waals surface area contributed by atoms with E-state index in [4.69, 9.17) is 9.15 Å². The monoisotopic (exact) mass is 481 g/mol. The van der Waals surface area contributed by atoms with E-state index in [1.807, 2.05) is 12.1 Å². The van der Waals surface area contributed by atoms with Crippen LogP contribution in [0.1, 0.15) is 12.7 Å². The maximum atomic E-state index is 12.9. The van der Waals surface area contributed by atoms with E-state index in [1.54, 1.807) is 43.3 Å². The maximum absolute atomic E-state index is 12.9. The molecule has 3 aromatic rings. The van der Waals surface area contributed by atoms with Crippen LogP contribution in [0.2, 0.25) is 0 Å². The van der Waals surface area contributed by atoms with Crippen LogP contribution in [0, 0.1) is 10.1 Å². The largest absolute Gasteiger partial charge is 0.490 e. The van der Waals surface area contributed by atoms with Gasteiger partial charge in [0.25, 0.3) is 5.91 Å². The first-order valence-corrected chi connectivity index (χ1v) is 9.96. The Morgan fingerprint density at radius 1 is 1.19 bits per heavy atom. The molecule has 31 heavy (non-hydrogen) atoms. The predicted octanol–water partition coefficient (Wildman–Crippen LogP) is 5.43. The fourth-order valence-electron chi connectivity index (χ4n) is 3.18. The molecule has 0 radical (unpaired) electrons. The van der Waals surface area contributed by atoms with Crippen molar-refractivity contribution in [3.8, 4) is 17.1 Å². The highest BCUT2D eigenvalue weighted by molar-refractivity contribution is 9.10. The number of halogens is 1. The minimum absolute atomic E-state index is 0.157. The van der Waals surface area contributed by atoms with Gasteiger partial charge in [-0.25, -0.2) is 0 Å². The van der Waals surface area contributed by atoms with Crippen molar-refractivity contribution in [2.75, 3.05) is 12.1 Å². The molecule has 0 N–H and O–H groups in total. The number of hydrogen-bond acceptors (Lipinski definition) is 6. The molecule has 0 saturated heterocycles. The molecule has 0 bridgehead atoms. The molecule has 1 aromatic heterocycles. The third-order valence-electron chi connectivity index (χ3n) is 4.69. The van der Waals surface area contributed by atoms with E-state index in [9.17, 15) is 14.9 Å². The number of carbonyl (C=O) groups excluding carboxylic acids is 1. The first kappa shape index (κ1) is 20.5. The molecule has 1 aliphatic heterocycles. The van der Waals surface area contributed by atoms with Crippen LogP contribution >= 0.6 is 15.9 Å². The average Bonchev–Trinajstić information content (AvgIpc) is 3.33. The summed E-state index contributed by atoms with van der Waals surface area (Å²) in [5.74, 6) is 0.760. The third-order valence-corrected chi connectivity index (χ3v) is 5.18. The Bertz CT molecular complexity index is 1260. The summed E-state index contributed by atoms with van der Waals surface area (Å²) in [5, 5.41) is 17.0. The van der Waals surface area contributed by atoms with Gasteiger partial charge in [0.05, 0.1) is 29.0 Å². The molecular weight excluding hydrogens is 466 g/mol. The normalized spacial score (nSPS) is 14.8. The molecule has 0 atom stereocenters. The molecule has 9 heteroatoms. The minimum atomic E-state index is -0.512. The van der Waals surface area contributed by atoms with Crippen LogP contribution in [0.15, 0.2) is 74.2 Å². The summed E-state index contributed by atoms with van der Waals surface area (Å²) in [7, 11) is 1.37. The van der Waals surface area contributed by atoms with Gasteiger partial charge in [-0.15, -0.1) is 0 Å². The smallest absolute Gasteiger partial charge is 0.311 e. The van der Waals surface area contributed by atoms with Crippen molar-refractivity contribution in [1.29, 1.82) is 0 Å². The summed E-state index contributed by atoms with van der Waals surface area (Å²) < 4.78 is 11.7. The second kappa shape index (κ2) is 8.19. The number of ether oxygens (including phenoxy) is 1. The number of hydrazone groups is 1. The zero-order chi connectivity index (χ0) is 22.1. The zero-order valence-electron chi connectivity index (χ0n) is 16.5. The molecule has 2 heterocycles. The molecule has 1 aliphatic rings. The van der Waals surface area contributed by atoms with Crippen LogP contribution in [0.3, 0.4) is 0 Å². The van der Waals surface area contributed by atoms with E-state index >= 15 is 0 Å². The molecule has 0 fully saturated rings. The summed E-state index contributed by atoms with van der Waals surface area (Å²) in [4.78, 5) is 23.7. The topological polar surface area (TPSA) is 98.2 Å². The Labute approximate surface area is 185 Å². The van der Waals surface area contributed by atoms with Crippen molar-refractivity contribution in [2.45, 2.75) is 6.92 Å². The lowest BCUT2D eigenvalue weighted by Gasteiger charge is -2.11. The highest BCUT2D eigenvalue weighted by Gasteiger charge is 2.29. The summed E-state index contributed by atoms with van der Waals surface area (Å²) in [6.07, 6.45) is 1.61. The SMILES string of the molecule is COc1ccc(-c2ccc(/C=C3\C(=O)N(c4cccc(Br)c4)N=C3C)o2)cc1[N+](=O)[O-]. The van der Waals surface area contributed by atoms with Gasteiger partial charge >= 0.3 is 5.69 Å². The third kappa shape index (κ3) is 3.99. The van der Waals surface area contributed by atoms with Crippen LogP contribution in [0.25, 0.3) is 17.4 Å². The van der Waals surface area contributed by atoms with Gasteiger partial charge in [0.2, 0.25) is 0 Å². The lowest BCUT2D eigenvalue weighted by molar-refractivity contribution is -0.385. The summed E-state index contributed by atoms with van der Waals surface area (Å²) in [5.41, 5.74) is 1.98. The lowest BCUT2D eigenvalue weighted by Crippen LogP contribution is -2.21. The first-order valence-electron chi connectivity index (χ1n) is 9.17. The van der Waals surface area contributed by atoms with Crippen molar-refractivity contribution in [3.05, 3.63) is 80.5 Å². The van der Waals surface area contributed by atoms with Crippen LogP contribution < -0.4 is 9.75 Å². The summed E-state index contributed by atoms with van der Waals surface area (Å²) in [6.45, 7) is 1.75. The Kier molecular flexibility index (Phi) is 5.43. The molecule has 2 aromatic carbocycles. The average molecular weight is 482 g/mol. The minimum Gasteiger partial charge on any atom is -0.490 e. The molecular formula is C22H16BrN3O5. The van der Waals surface area contributed by atoms with Gasteiger partial charge in [0.15, 0.2) is 5.75 Å². The molecule has 0 aliphatic carbocycles. The molecule has 0 spiro atoms. The maximum Gasteiger partial charge on any atom is 0.311 e. The van der Waals surface area contributed by atoms with Crippen molar-refractivity contribution < 1.29 is 18.9 Å². The van der Waals surface area contributed by atoms with E-state index < -0.39 is 4.92 Å². The van der Waals surface area contributed by atoms with Crippen LogP contribution in [-0.4, -0.2) is 23.7 Å². The zero-order valence-corrected chi connectivity index (χ0v) is 18.1. The van der Waals surface area contributed by atoms with E-state index in [2.05, 4.69) is 21.0 Å². The van der Waals surface area contributed by atoms with Crippen LogP contribution in [-0.2, 0) is 4.79 Å². The first-order chi connectivity index (χ1) is 14.9. The number of nitro groups is 1. The number of anilines is 1. The fourth-order valence-corrected chi connectivity index (χ4v) is 3.57. The molecule has 156 valence electrons. The number of methoxy groups -OCH3 is 1. The van der Waals surface area contributed by atoms with Gasteiger partial charge in [-0.3, -0.25) is 14.9 Å². The highest BCUT2D eigenvalue weighted by atomic mass is 79.9. The van der Waals surface area contributed by atoms with Crippen molar-refractivity contribution in [1.82, 2.24) is 0 Å². The highest BCUT2D eigenvalue weighted by Crippen LogP contribution is 2.34. The quantitative estimate of drug-likeness (QED) is 0.274. The van der Waals surface area contributed by atoms with Gasteiger partial charge in [0.1, 0.15) is 11.5 Å². The summed E-state index contributed by atoms with van der Waals surface area (Å²) in [6, 6.07) is 15.2. The molecule has 1 amide bonds. The number of benzene rings is 2. The molecule has 0 saturated carbocycles. The van der Waals surface area contributed by atoms with E-state index in [1.165, 1.54) is 24.3 Å². The fraction of sp³-hybridized carbons (Fsp3) is 0.0909. The Morgan fingerprint density at radius 2 is 2.00 bits per heavy atom. The number of furan rings is 1. The number of nitro benzene ring substituents is 1. The number of amides is 1. The second-order valence-corrected chi connectivity index (χ2v) is 7.60. The van der Waals surface area contributed by atoms with Gasteiger partial charge in [0, 0.05) is 16.1 Å². The van der Waals surface area contributed by atoms with E-state index in [-0.39, 0.29) is 17.3 Å². The van der Waals surface area contributed by atoms with Gasteiger partial charge in [-0.05, 0) is 55.5 Å². The van der Waals surface area contributed by atoms with Gasteiger partial charge in [-0.1, -0.05) is 22.0 Å². The number of hydrogen-bond donors (Lipinski definition) is 0.